The molecule has 0 spiro atoms. The molecule has 2 rings (SSSR count). The van der Waals surface area contributed by atoms with Crippen molar-refractivity contribution in [2.45, 2.75) is 64.1 Å². The normalized spacial score (nSPS) is 32.2. The standard InChI is InChI=1S/C12H19NO3/c1-8(2)16-11(15)13-10-4-6-12(13,7-5-10)9(3)14/h8,10H,4-7H2,1-3H3. The number of hydrogen-bond donors (Lipinski definition) is 0. The van der Waals surface area contributed by atoms with Crippen LogP contribution < -0.4 is 0 Å². The van der Waals surface area contributed by atoms with Gasteiger partial charge in [-0.3, -0.25) is 9.69 Å². The van der Waals surface area contributed by atoms with E-state index in [1.807, 2.05) is 13.8 Å². The summed E-state index contributed by atoms with van der Waals surface area (Å²) in [6, 6.07) is 0.218. The van der Waals surface area contributed by atoms with Gasteiger partial charge in [-0.05, 0) is 46.5 Å². The SMILES string of the molecule is CC(=O)C12CCC(CC1)N2C(=O)OC(C)C. The molecule has 4 heteroatoms. The monoisotopic (exact) mass is 225 g/mol. The van der Waals surface area contributed by atoms with Crippen LogP contribution in [0.5, 0.6) is 0 Å². The molecule has 0 unspecified atom stereocenters. The molecule has 2 fully saturated rings. The van der Waals surface area contributed by atoms with Crippen LogP contribution in [0.4, 0.5) is 4.79 Å². The molecule has 0 N–H and O–H groups in total. The molecule has 2 saturated heterocycles. The summed E-state index contributed by atoms with van der Waals surface area (Å²) in [6.45, 7) is 5.25. The van der Waals surface area contributed by atoms with E-state index in [0.29, 0.717) is 0 Å². The van der Waals surface area contributed by atoms with Crippen LogP contribution in [0.15, 0.2) is 0 Å². The Morgan fingerprint density at radius 1 is 1.31 bits per heavy atom. The van der Waals surface area contributed by atoms with Crippen LogP contribution in [0.25, 0.3) is 0 Å². The third-order valence-electron chi connectivity index (χ3n) is 3.80. The molecular formula is C12H19NO3. The predicted molar refractivity (Wildman–Crippen MR) is 59.1 cm³/mol. The fourth-order valence-corrected chi connectivity index (χ4v) is 3.03. The third kappa shape index (κ3) is 1.51. The van der Waals surface area contributed by atoms with Gasteiger partial charge in [0.25, 0.3) is 0 Å². The summed E-state index contributed by atoms with van der Waals surface area (Å²) >= 11 is 0. The Morgan fingerprint density at radius 3 is 2.31 bits per heavy atom. The number of carbonyl (C=O) groups is 2. The van der Waals surface area contributed by atoms with Crippen molar-refractivity contribution < 1.29 is 14.3 Å². The maximum Gasteiger partial charge on any atom is 0.411 e. The fraction of sp³-hybridized carbons (Fsp3) is 0.833. The molecule has 0 radical (unpaired) electrons. The lowest BCUT2D eigenvalue weighted by Gasteiger charge is -2.32. The third-order valence-corrected chi connectivity index (χ3v) is 3.80. The minimum Gasteiger partial charge on any atom is -0.447 e. The maximum atomic E-state index is 12.0. The van der Waals surface area contributed by atoms with Crippen LogP contribution in [0.2, 0.25) is 0 Å². The number of amides is 1. The molecule has 4 nitrogen and oxygen atoms in total. The van der Waals surface area contributed by atoms with Crippen molar-refractivity contribution >= 4 is 11.9 Å². The van der Waals surface area contributed by atoms with Gasteiger partial charge < -0.3 is 4.74 Å². The molecule has 1 amide bonds. The van der Waals surface area contributed by atoms with Crippen molar-refractivity contribution in [1.29, 1.82) is 0 Å². The first-order valence-corrected chi connectivity index (χ1v) is 5.98. The molecule has 0 aliphatic carbocycles. The lowest BCUT2D eigenvalue weighted by Crippen LogP contribution is -2.50. The Morgan fingerprint density at radius 2 is 1.88 bits per heavy atom. The van der Waals surface area contributed by atoms with Gasteiger partial charge in [-0.15, -0.1) is 0 Å². The first-order valence-electron chi connectivity index (χ1n) is 5.98. The summed E-state index contributed by atoms with van der Waals surface area (Å²) in [5.41, 5.74) is -0.545. The summed E-state index contributed by atoms with van der Waals surface area (Å²) in [7, 11) is 0. The number of ketones is 1. The molecule has 0 atom stereocenters. The van der Waals surface area contributed by atoms with Crippen LogP contribution in [-0.4, -0.2) is 34.5 Å². The highest BCUT2D eigenvalue weighted by molar-refractivity contribution is 5.91. The van der Waals surface area contributed by atoms with Gasteiger partial charge in [-0.25, -0.2) is 4.79 Å². The number of nitrogens with zero attached hydrogens (tertiary/aromatic N) is 1. The largest absolute Gasteiger partial charge is 0.447 e. The van der Waals surface area contributed by atoms with Crippen molar-refractivity contribution in [3.05, 3.63) is 0 Å². The highest BCUT2D eigenvalue weighted by atomic mass is 16.6. The minimum absolute atomic E-state index is 0.105. The second-order valence-corrected chi connectivity index (χ2v) is 5.12. The van der Waals surface area contributed by atoms with Crippen LogP contribution in [0.3, 0.4) is 0 Å². The first-order chi connectivity index (χ1) is 7.47. The van der Waals surface area contributed by atoms with Gasteiger partial charge in [0.2, 0.25) is 0 Å². The van der Waals surface area contributed by atoms with Gasteiger partial charge in [0.15, 0.2) is 5.78 Å². The summed E-state index contributed by atoms with van der Waals surface area (Å²) in [4.78, 5) is 25.5. The molecular weight excluding hydrogens is 206 g/mol. The molecule has 0 saturated carbocycles. The van der Waals surface area contributed by atoms with Crippen molar-refractivity contribution in [2.24, 2.45) is 0 Å². The Balaban J connectivity index is 2.20. The van der Waals surface area contributed by atoms with Gasteiger partial charge in [0, 0.05) is 6.04 Å². The van der Waals surface area contributed by atoms with Gasteiger partial charge in [-0.1, -0.05) is 0 Å². The van der Waals surface area contributed by atoms with E-state index < -0.39 is 5.54 Å². The average molecular weight is 225 g/mol. The van der Waals surface area contributed by atoms with E-state index in [1.54, 1.807) is 11.8 Å². The number of Topliss-reactive ketones (excluding diaryl/α,β-unsaturated/α-hetero) is 1. The smallest absolute Gasteiger partial charge is 0.411 e. The zero-order valence-corrected chi connectivity index (χ0v) is 10.2. The Hall–Kier alpha value is -1.06. The van der Waals surface area contributed by atoms with Crippen molar-refractivity contribution in [1.82, 2.24) is 4.90 Å². The number of rotatable bonds is 2. The van der Waals surface area contributed by atoms with Crippen molar-refractivity contribution in [3.63, 3.8) is 0 Å². The Bertz CT molecular complexity index is 316. The number of hydrogen-bond acceptors (Lipinski definition) is 3. The molecule has 2 aliphatic heterocycles. The van der Waals surface area contributed by atoms with Crippen LogP contribution in [0, 0.1) is 0 Å². The summed E-state index contributed by atoms with van der Waals surface area (Å²) in [6.07, 6.45) is 3.04. The molecule has 0 aromatic rings. The maximum absolute atomic E-state index is 12.0. The molecule has 90 valence electrons. The van der Waals surface area contributed by atoms with Crippen molar-refractivity contribution in [2.75, 3.05) is 0 Å². The Labute approximate surface area is 95.9 Å². The number of carbonyl (C=O) groups excluding carboxylic acids is 2. The second-order valence-electron chi connectivity index (χ2n) is 5.12. The van der Waals surface area contributed by atoms with Gasteiger partial charge in [-0.2, -0.15) is 0 Å². The van der Waals surface area contributed by atoms with E-state index in [-0.39, 0.29) is 24.0 Å². The van der Waals surface area contributed by atoms with Crippen LogP contribution >= 0.6 is 0 Å². The number of ether oxygens (including phenoxy) is 1. The van der Waals surface area contributed by atoms with Crippen LogP contribution in [0.1, 0.15) is 46.5 Å². The van der Waals surface area contributed by atoms with Gasteiger partial charge >= 0.3 is 6.09 Å². The molecule has 0 aromatic heterocycles. The molecule has 16 heavy (non-hydrogen) atoms. The Kier molecular flexibility index (Phi) is 2.68. The van der Waals surface area contributed by atoms with Crippen molar-refractivity contribution in [3.8, 4) is 0 Å². The van der Waals surface area contributed by atoms with E-state index in [4.69, 9.17) is 4.74 Å². The van der Waals surface area contributed by atoms with Crippen LogP contribution in [-0.2, 0) is 9.53 Å². The lowest BCUT2D eigenvalue weighted by atomic mass is 9.85. The van der Waals surface area contributed by atoms with E-state index in [2.05, 4.69) is 0 Å². The molecule has 2 heterocycles. The summed E-state index contributed by atoms with van der Waals surface area (Å²) < 4.78 is 5.22. The molecule has 0 aromatic carbocycles. The molecule has 2 aliphatic rings. The van der Waals surface area contributed by atoms with Gasteiger partial charge in [0.05, 0.1) is 6.10 Å². The predicted octanol–water partition coefficient (Wildman–Crippen LogP) is 2.12. The molecule has 2 bridgehead atoms. The van der Waals surface area contributed by atoms with E-state index in [0.717, 1.165) is 25.7 Å². The summed E-state index contributed by atoms with van der Waals surface area (Å²) in [5.74, 6) is 0.105. The van der Waals surface area contributed by atoms with E-state index >= 15 is 0 Å². The summed E-state index contributed by atoms with van der Waals surface area (Å²) in [5, 5.41) is 0. The second kappa shape index (κ2) is 3.75. The fourth-order valence-electron chi connectivity index (χ4n) is 3.03. The van der Waals surface area contributed by atoms with Gasteiger partial charge in [0.1, 0.15) is 5.54 Å². The zero-order valence-electron chi connectivity index (χ0n) is 10.2. The van der Waals surface area contributed by atoms with E-state index in [1.165, 1.54) is 0 Å². The topological polar surface area (TPSA) is 46.6 Å². The average Bonchev–Trinajstić information content (AvgIpc) is 2.71. The lowest BCUT2D eigenvalue weighted by molar-refractivity contribution is -0.126. The van der Waals surface area contributed by atoms with E-state index in [9.17, 15) is 9.59 Å². The zero-order chi connectivity index (χ0) is 11.9. The highest BCUT2D eigenvalue weighted by Crippen LogP contribution is 2.47. The minimum atomic E-state index is -0.545. The number of fused-ring (bicyclic) bond motifs is 2. The highest BCUT2D eigenvalue weighted by Gasteiger charge is 2.57. The first kappa shape index (κ1) is 11.4. The quantitative estimate of drug-likeness (QED) is 0.723.